The van der Waals surface area contributed by atoms with E-state index in [1.807, 2.05) is 38.4 Å². The fraction of sp³-hybridized carbons (Fsp3) is 0.385. The van der Waals surface area contributed by atoms with Gasteiger partial charge in [0, 0.05) is 12.7 Å². The van der Waals surface area contributed by atoms with Gasteiger partial charge in [-0.2, -0.15) is 0 Å². The molecule has 1 atom stereocenters. The number of nitrogens with zero attached hydrogens (tertiary/aromatic N) is 2. The van der Waals surface area contributed by atoms with Crippen LogP contribution >= 0.6 is 0 Å². The van der Waals surface area contributed by atoms with Crippen molar-refractivity contribution in [1.29, 1.82) is 0 Å². The number of para-hydroxylation sites is 1. The lowest BCUT2D eigenvalue weighted by molar-refractivity contribution is -0.128. The molecule has 0 spiro atoms. The van der Waals surface area contributed by atoms with E-state index < -0.39 is 5.92 Å². The van der Waals surface area contributed by atoms with Crippen molar-refractivity contribution in [3.05, 3.63) is 29.8 Å². The number of carbonyl (C=O) groups is 2. The monoisotopic (exact) mass is 232 g/mol. The van der Waals surface area contributed by atoms with Gasteiger partial charge in [0.05, 0.1) is 6.54 Å². The number of fused-ring (bicyclic) bond motifs is 1. The highest BCUT2D eigenvalue weighted by Crippen LogP contribution is 2.36. The van der Waals surface area contributed by atoms with Crippen LogP contribution in [0.4, 0.5) is 5.69 Å². The third-order valence-electron chi connectivity index (χ3n) is 2.98. The van der Waals surface area contributed by atoms with Gasteiger partial charge in [0.15, 0.2) is 5.78 Å². The van der Waals surface area contributed by atoms with Crippen molar-refractivity contribution in [2.24, 2.45) is 0 Å². The van der Waals surface area contributed by atoms with E-state index in [-0.39, 0.29) is 11.7 Å². The summed E-state index contributed by atoms with van der Waals surface area (Å²) in [5, 5.41) is 0. The second kappa shape index (κ2) is 4.30. The van der Waals surface area contributed by atoms with Gasteiger partial charge in [-0.1, -0.05) is 18.2 Å². The van der Waals surface area contributed by atoms with Gasteiger partial charge >= 0.3 is 0 Å². The van der Waals surface area contributed by atoms with Crippen molar-refractivity contribution in [3.8, 4) is 0 Å². The molecule has 90 valence electrons. The molecule has 1 aromatic carbocycles. The second-order valence-corrected chi connectivity index (χ2v) is 4.59. The summed E-state index contributed by atoms with van der Waals surface area (Å²) < 4.78 is 0. The first-order valence-corrected chi connectivity index (χ1v) is 5.56. The minimum absolute atomic E-state index is 0.0446. The normalized spacial score (nSPS) is 18.7. The van der Waals surface area contributed by atoms with Crippen LogP contribution in [0.3, 0.4) is 0 Å². The van der Waals surface area contributed by atoms with Gasteiger partial charge in [-0.3, -0.25) is 9.59 Å². The summed E-state index contributed by atoms with van der Waals surface area (Å²) in [7, 11) is 5.37. The van der Waals surface area contributed by atoms with E-state index in [1.165, 1.54) is 0 Å². The number of hydrogen-bond acceptors (Lipinski definition) is 3. The number of anilines is 1. The number of hydrogen-bond donors (Lipinski definition) is 0. The molecule has 0 unspecified atom stereocenters. The Hall–Kier alpha value is -1.68. The molecule has 1 heterocycles. The molecule has 0 saturated carbocycles. The Morgan fingerprint density at radius 1 is 1.35 bits per heavy atom. The Balaban J connectivity index is 2.36. The van der Waals surface area contributed by atoms with Gasteiger partial charge in [-0.25, -0.2) is 0 Å². The summed E-state index contributed by atoms with van der Waals surface area (Å²) >= 11 is 0. The number of amides is 1. The van der Waals surface area contributed by atoms with E-state index >= 15 is 0 Å². The fourth-order valence-corrected chi connectivity index (χ4v) is 2.20. The van der Waals surface area contributed by atoms with Gasteiger partial charge in [0.1, 0.15) is 5.92 Å². The van der Waals surface area contributed by atoms with E-state index in [1.54, 1.807) is 16.8 Å². The van der Waals surface area contributed by atoms with Crippen LogP contribution in [-0.4, -0.2) is 44.3 Å². The van der Waals surface area contributed by atoms with Crippen molar-refractivity contribution < 1.29 is 9.59 Å². The SMILES string of the molecule is CN(C)CC(=O)[C@H]1C(=O)N(C)c2ccccc21. The van der Waals surface area contributed by atoms with Crippen LogP contribution in [0.5, 0.6) is 0 Å². The molecule has 1 aliphatic rings. The molecule has 1 amide bonds. The maximum absolute atomic E-state index is 12.1. The smallest absolute Gasteiger partial charge is 0.241 e. The third-order valence-corrected chi connectivity index (χ3v) is 2.98. The zero-order chi connectivity index (χ0) is 12.6. The topological polar surface area (TPSA) is 40.6 Å². The zero-order valence-electron chi connectivity index (χ0n) is 10.3. The van der Waals surface area contributed by atoms with Crippen LogP contribution in [0, 0.1) is 0 Å². The molecule has 1 aliphatic heterocycles. The molecular weight excluding hydrogens is 216 g/mol. The molecule has 0 fully saturated rings. The summed E-state index contributed by atoms with van der Waals surface area (Å²) in [6, 6.07) is 7.47. The first-order valence-electron chi connectivity index (χ1n) is 5.56. The molecule has 2 rings (SSSR count). The average Bonchev–Trinajstić information content (AvgIpc) is 2.51. The highest BCUT2D eigenvalue weighted by Gasteiger charge is 2.39. The van der Waals surface area contributed by atoms with Crippen LogP contribution in [0.15, 0.2) is 24.3 Å². The molecule has 0 saturated heterocycles. The van der Waals surface area contributed by atoms with Crippen LogP contribution < -0.4 is 4.90 Å². The highest BCUT2D eigenvalue weighted by atomic mass is 16.2. The van der Waals surface area contributed by atoms with Gasteiger partial charge in [-0.05, 0) is 25.7 Å². The number of rotatable bonds is 3. The number of ketones is 1. The van der Waals surface area contributed by atoms with Crippen molar-refractivity contribution in [3.63, 3.8) is 0 Å². The lowest BCUT2D eigenvalue weighted by Crippen LogP contribution is -2.33. The van der Waals surface area contributed by atoms with E-state index in [0.29, 0.717) is 6.54 Å². The maximum Gasteiger partial charge on any atom is 0.241 e. The molecule has 17 heavy (non-hydrogen) atoms. The fourth-order valence-electron chi connectivity index (χ4n) is 2.20. The summed E-state index contributed by atoms with van der Waals surface area (Å²) in [5.74, 6) is -0.798. The minimum atomic E-state index is -0.626. The average molecular weight is 232 g/mol. The van der Waals surface area contributed by atoms with Crippen molar-refractivity contribution in [2.75, 3.05) is 32.6 Å². The Labute approximate surface area is 101 Å². The van der Waals surface area contributed by atoms with Gasteiger partial charge < -0.3 is 9.80 Å². The summed E-state index contributed by atoms with van der Waals surface area (Å²) in [6.45, 7) is 0.290. The predicted octanol–water partition coefficient (Wildman–Crippen LogP) is 0.877. The van der Waals surface area contributed by atoms with Gasteiger partial charge in [0.2, 0.25) is 5.91 Å². The van der Waals surface area contributed by atoms with Crippen LogP contribution in [0.25, 0.3) is 0 Å². The molecule has 4 nitrogen and oxygen atoms in total. The lowest BCUT2D eigenvalue weighted by Gasteiger charge is -2.13. The molecule has 0 aromatic heterocycles. The second-order valence-electron chi connectivity index (χ2n) is 4.59. The molecular formula is C13H16N2O2. The largest absolute Gasteiger partial charge is 0.314 e. The van der Waals surface area contributed by atoms with Crippen LogP contribution in [-0.2, 0) is 9.59 Å². The first-order chi connectivity index (χ1) is 8.02. The van der Waals surface area contributed by atoms with E-state index in [2.05, 4.69) is 0 Å². The number of likely N-dealkylation sites (N-methyl/N-ethyl adjacent to an activating group) is 2. The third kappa shape index (κ3) is 1.96. The molecule has 0 N–H and O–H groups in total. The number of benzene rings is 1. The zero-order valence-corrected chi connectivity index (χ0v) is 10.3. The van der Waals surface area contributed by atoms with Crippen LogP contribution in [0.1, 0.15) is 11.5 Å². The Kier molecular flexibility index (Phi) is 2.98. The van der Waals surface area contributed by atoms with Crippen molar-refractivity contribution in [2.45, 2.75) is 5.92 Å². The summed E-state index contributed by atoms with van der Waals surface area (Å²) in [4.78, 5) is 27.5. The number of carbonyl (C=O) groups excluding carboxylic acids is 2. The molecule has 0 bridgehead atoms. The maximum atomic E-state index is 12.1. The van der Waals surface area contributed by atoms with Gasteiger partial charge in [-0.15, -0.1) is 0 Å². The first kappa shape index (κ1) is 11.8. The van der Waals surface area contributed by atoms with Gasteiger partial charge in [0.25, 0.3) is 0 Å². The molecule has 4 heteroatoms. The molecule has 0 radical (unpaired) electrons. The quantitative estimate of drug-likeness (QED) is 0.726. The number of Topliss-reactive ketones (excluding diaryl/α,β-unsaturated/α-hetero) is 1. The minimum Gasteiger partial charge on any atom is -0.314 e. The van der Waals surface area contributed by atoms with Crippen molar-refractivity contribution in [1.82, 2.24) is 4.90 Å². The summed E-state index contributed by atoms with van der Waals surface area (Å²) in [6.07, 6.45) is 0. The van der Waals surface area contributed by atoms with Crippen molar-refractivity contribution >= 4 is 17.4 Å². The summed E-state index contributed by atoms with van der Waals surface area (Å²) in [5.41, 5.74) is 1.67. The molecule has 0 aliphatic carbocycles. The van der Waals surface area contributed by atoms with E-state index in [4.69, 9.17) is 0 Å². The lowest BCUT2D eigenvalue weighted by atomic mass is 9.96. The Bertz CT molecular complexity index is 468. The van der Waals surface area contributed by atoms with Crippen LogP contribution in [0.2, 0.25) is 0 Å². The van der Waals surface area contributed by atoms with E-state index in [9.17, 15) is 9.59 Å². The predicted molar refractivity (Wildman–Crippen MR) is 66.2 cm³/mol. The molecule has 1 aromatic rings. The standard InChI is InChI=1S/C13H16N2O2/c1-14(2)8-11(16)12-9-6-4-5-7-10(9)15(3)13(12)17/h4-7,12H,8H2,1-3H3/t12-/m0/s1. The highest BCUT2D eigenvalue weighted by molar-refractivity contribution is 6.18. The Morgan fingerprint density at radius 2 is 2.00 bits per heavy atom. The van der Waals surface area contributed by atoms with E-state index in [0.717, 1.165) is 11.3 Å². The Morgan fingerprint density at radius 3 is 2.65 bits per heavy atom.